The molecule has 0 N–H and O–H groups in total. The lowest BCUT2D eigenvalue weighted by Gasteiger charge is -2.29. The Balaban J connectivity index is 1.59. The summed E-state index contributed by atoms with van der Waals surface area (Å²) in [5.41, 5.74) is 2.22. The Morgan fingerprint density at radius 2 is 1.58 bits per heavy atom. The van der Waals surface area contributed by atoms with Gasteiger partial charge in [0, 0.05) is 5.56 Å². The molecular formula is C28H34F2O. The molecule has 0 spiro atoms. The van der Waals surface area contributed by atoms with Gasteiger partial charge in [0.15, 0.2) is 11.6 Å². The molecule has 3 heteroatoms. The van der Waals surface area contributed by atoms with E-state index in [1.54, 1.807) is 0 Å². The molecule has 31 heavy (non-hydrogen) atoms. The highest BCUT2D eigenvalue weighted by molar-refractivity contribution is 5.46. The monoisotopic (exact) mass is 424 g/mol. The van der Waals surface area contributed by atoms with Crippen molar-refractivity contribution in [3.8, 4) is 17.6 Å². The molecule has 0 aromatic heterocycles. The summed E-state index contributed by atoms with van der Waals surface area (Å²) in [7, 11) is 0. The first-order valence-corrected chi connectivity index (χ1v) is 11.8. The molecule has 0 saturated heterocycles. The molecular weight excluding hydrogens is 390 g/mol. The first-order chi connectivity index (χ1) is 15.1. The summed E-state index contributed by atoms with van der Waals surface area (Å²) in [5, 5.41) is 0. The molecule has 0 radical (unpaired) electrons. The van der Waals surface area contributed by atoms with Crippen LogP contribution < -0.4 is 4.74 Å². The van der Waals surface area contributed by atoms with E-state index < -0.39 is 11.6 Å². The number of hydrogen-bond donors (Lipinski definition) is 0. The van der Waals surface area contributed by atoms with Crippen LogP contribution in [0.3, 0.4) is 0 Å². The second kappa shape index (κ2) is 11.9. The average molecular weight is 425 g/mol. The fourth-order valence-corrected chi connectivity index (χ4v) is 4.40. The Bertz CT molecular complexity index is 884. The Hall–Kier alpha value is -2.34. The second-order valence-electron chi connectivity index (χ2n) is 8.67. The highest BCUT2D eigenvalue weighted by atomic mass is 19.2. The Labute approximate surface area is 186 Å². The van der Waals surface area contributed by atoms with E-state index in [4.69, 9.17) is 4.74 Å². The zero-order valence-corrected chi connectivity index (χ0v) is 18.9. The van der Waals surface area contributed by atoms with Gasteiger partial charge in [-0.1, -0.05) is 63.5 Å². The molecule has 0 atom stereocenters. The smallest absolute Gasteiger partial charge is 0.201 e. The van der Waals surface area contributed by atoms with Gasteiger partial charge in [-0.2, -0.15) is 4.39 Å². The topological polar surface area (TPSA) is 9.23 Å². The van der Waals surface area contributed by atoms with Gasteiger partial charge in [-0.25, -0.2) is 4.39 Å². The number of ether oxygens (including phenoxy) is 1. The Morgan fingerprint density at radius 1 is 0.839 bits per heavy atom. The van der Waals surface area contributed by atoms with Crippen LogP contribution in [0, 0.1) is 29.4 Å². The summed E-state index contributed by atoms with van der Waals surface area (Å²) in [4.78, 5) is 0. The van der Waals surface area contributed by atoms with Crippen molar-refractivity contribution in [1.82, 2.24) is 0 Å². The van der Waals surface area contributed by atoms with Gasteiger partial charge >= 0.3 is 0 Å². The summed E-state index contributed by atoms with van der Waals surface area (Å²) in [6.45, 7) is 4.53. The maximum absolute atomic E-state index is 14.3. The van der Waals surface area contributed by atoms with E-state index >= 15 is 0 Å². The van der Waals surface area contributed by atoms with Gasteiger partial charge in [0.05, 0.1) is 12.2 Å². The zero-order chi connectivity index (χ0) is 22.1. The molecule has 1 saturated carbocycles. The Morgan fingerprint density at radius 3 is 2.26 bits per heavy atom. The van der Waals surface area contributed by atoms with Crippen molar-refractivity contribution < 1.29 is 13.5 Å². The van der Waals surface area contributed by atoms with Gasteiger partial charge in [0.25, 0.3) is 0 Å². The van der Waals surface area contributed by atoms with Crippen molar-refractivity contribution in [3.05, 3.63) is 64.7 Å². The number of halogens is 2. The first-order valence-electron chi connectivity index (χ1n) is 11.8. The first kappa shape index (κ1) is 23.3. The van der Waals surface area contributed by atoms with Crippen molar-refractivity contribution in [2.75, 3.05) is 6.61 Å². The summed E-state index contributed by atoms with van der Waals surface area (Å²) in [5.74, 6) is 5.28. The minimum atomic E-state index is -0.971. The third kappa shape index (κ3) is 6.57. The third-order valence-corrected chi connectivity index (χ3v) is 6.29. The molecule has 0 heterocycles. The molecule has 1 nitrogen and oxygen atoms in total. The summed E-state index contributed by atoms with van der Waals surface area (Å²) < 4.78 is 33.6. The molecule has 0 unspecified atom stereocenters. The van der Waals surface area contributed by atoms with Crippen LogP contribution in [0.1, 0.15) is 94.2 Å². The van der Waals surface area contributed by atoms with E-state index in [-0.39, 0.29) is 11.3 Å². The lowest BCUT2D eigenvalue weighted by Crippen LogP contribution is -2.13. The van der Waals surface area contributed by atoms with Crippen molar-refractivity contribution in [3.63, 3.8) is 0 Å². The van der Waals surface area contributed by atoms with E-state index in [1.165, 1.54) is 69.1 Å². The lowest BCUT2D eigenvalue weighted by atomic mass is 9.77. The highest BCUT2D eigenvalue weighted by Gasteiger charge is 2.22. The molecule has 0 aliphatic heterocycles. The number of benzene rings is 2. The van der Waals surface area contributed by atoms with Crippen LogP contribution in [0.5, 0.6) is 5.75 Å². The Kier molecular flexibility index (Phi) is 8.95. The maximum atomic E-state index is 14.3. The minimum Gasteiger partial charge on any atom is -0.490 e. The number of hydrogen-bond acceptors (Lipinski definition) is 1. The van der Waals surface area contributed by atoms with Gasteiger partial charge in [-0.3, -0.25) is 0 Å². The predicted molar refractivity (Wildman–Crippen MR) is 123 cm³/mol. The molecule has 3 rings (SSSR count). The number of rotatable bonds is 8. The minimum absolute atomic E-state index is 0.0480. The fourth-order valence-electron chi connectivity index (χ4n) is 4.40. The van der Waals surface area contributed by atoms with Crippen molar-refractivity contribution in [2.45, 2.75) is 77.6 Å². The zero-order valence-electron chi connectivity index (χ0n) is 18.9. The standard InChI is InChI=1S/C28H34F2O/c1-3-5-6-7-21-8-13-23(14-9-21)24-15-10-22(11-16-24)12-17-25-18-19-26(31-20-4-2)28(30)27(25)29/h10-11,15-16,18-19,21,23H,3-9,13-14,20H2,1-2H3. The summed E-state index contributed by atoms with van der Waals surface area (Å²) in [6, 6.07) is 11.2. The van der Waals surface area contributed by atoms with Crippen molar-refractivity contribution >= 4 is 0 Å². The summed E-state index contributed by atoms with van der Waals surface area (Å²) >= 11 is 0. The molecule has 2 aromatic carbocycles. The van der Waals surface area contributed by atoms with Crippen molar-refractivity contribution in [1.29, 1.82) is 0 Å². The number of unbranched alkanes of at least 4 members (excludes halogenated alkanes) is 2. The van der Waals surface area contributed by atoms with Gasteiger partial charge in [-0.05, 0) is 73.8 Å². The van der Waals surface area contributed by atoms with Crippen LogP contribution in [0.15, 0.2) is 36.4 Å². The van der Waals surface area contributed by atoms with Crippen LogP contribution in [0.25, 0.3) is 0 Å². The molecule has 2 aromatic rings. The molecule has 166 valence electrons. The van der Waals surface area contributed by atoms with E-state index in [0.717, 1.165) is 17.9 Å². The normalized spacial score (nSPS) is 18.3. The van der Waals surface area contributed by atoms with Crippen LogP contribution in [-0.2, 0) is 0 Å². The molecule has 0 bridgehead atoms. The van der Waals surface area contributed by atoms with Gasteiger partial charge < -0.3 is 4.74 Å². The second-order valence-corrected chi connectivity index (χ2v) is 8.67. The van der Waals surface area contributed by atoms with E-state index in [1.807, 2.05) is 19.1 Å². The van der Waals surface area contributed by atoms with E-state index in [2.05, 4.69) is 30.9 Å². The maximum Gasteiger partial charge on any atom is 0.201 e. The average Bonchev–Trinajstić information content (AvgIpc) is 2.80. The van der Waals surface area contributed by atoms with Gasteiger partial charge in [-0.15, -0.1) is 0 Å². The van der Waals surface area contributed by atoms with Gasteiger partial charge in [0.2, 0.25) is 5.82 Å². The quantitative estimate of drug-likeness (QED) is 0.308. The van der Waals surface area contributed by atoms with Crippen LogP contribution in [0.2, 0.25) is 0 Å². The fraction of sp³-hybridized carbons (Fsp3) is 0.500. The van der Waals surface area contributed by atoms with Crippen LogP contribution in [-0.4, -0.2) is 6.61 Å². The largest absolute Gasteiger partial charge is 0.490 e. The SMILES string of the molecule is CCCCCC1CCC(c2ccc(C#Cc3ccc(OCCC)c(F)c3F)cc2)CC1. The van der Waals surface area contributed by atoms with E-state index in [9.17, 15) is 8.78 Å². The lowest BCUT2D eigenvalue weighted by molar-refractivity contribution is 0.295. The molecule has 1 aliphatic carbocycles. The van der Waals surface area contributed by atoms with Gasteiger partial charge in [0.1, 0.15) is 0 Å². The molecule has 1 fully saturated rings. The predicted octanol–water partition coefficient (Wildman–Crippen LogP) is 8.01. The van der Waals surface area contributed by atoms with E-state index in [0.29, 0.717) is 12.5 Å². The van der Waals surface area contributed by atoms with Crippen molar-refractivity contribution in [2.24, 2.45) is 5.92 Å². The third-order valence-electron chi connectivity index (χ3n) is 6.29. The summed E-state index contributed by atoms with van der Waals surface area (Å²) in [6.07, 6.45) is 11.3. The molecule has 1 aliphatic rings. The highest BCUT2D eigenvalue weighted by Crippen LogP contribution is 2.37. The van der Waals surface area contributed by atoms with Crippen LogP contribution >= 0.6 is 0 Å². The molecule has 0 amide bonds. The van der Waals surface area contributed by atoms with Crippen LogP contribution in [0.4, 0.5) is 8.78 Å².